The number of carbonyl (C=O) groups is 3. The monoisotopic (exact) mass is 546 g/mol. The Morgan fingerprint density at radius 3 is 2.38 bits per heavy atom. The smallest absolute Gasteiger partial charge is 0.333 e. The number of esters is 2. The van der Waals surface area contributed by atoms with E-state index in [-0.39, 0.29) is 36.8 Å². The number of ketones is 1. The van der Waals surface area contributed by atoms with Gasteiger partial charge in [0.1, 0.15) is 30.0 Å². The van der Waals surface area contributed by atoms with Crippen LogP contribution in [-0.4, -0.2) is 63.1 Å². The van der Waals surface area contributed by atoms with E-state index in [1.807, 2.05) is 20.8 Å². The van der Waals surface area contributed by atoms with Gasteiger partial charge in [0.2, 0.25) is 0 Å². The van der Waals surface area contributed by atoms with Crippen molar-refractivity contribution in [1.82, 2.24) is 0 Å². The first-order valence-electron chi connectivity index (χ1n) is 14.1. The minimum Gasteiger partial charge on any atom is -0.459 e. The number of fused-ring (bicyclic) bond motifs is 1. The first-order chi connectivity index (χ1) is 18.0. The Hall–Kier alpha value is -2.29. The van der Waals surface area contributed by atoms with Crippen molar-refractivity contribution in [3.8, 4) is 0 Å². The van der Waals surface area contributed by atoms with E-state index in [1.54, 1.807) is 45.9 Å². The van der Waals surface area contributed by atoms with E-state index in [1.165, 1.54) is 0 Å². The van der Waals surface area contributed by atoms with Gasteiger partial charge in [-0.1, -0.05) is 58.8 Å². The average Bonchev–Trinajstić information content (AvgIpc) is 3.02. The van der Waals surface area contributed by atoms with Crippen LogP contribution in [0.3, 0.4) is 0 Å². The lowest BCUT2D eigenvalue weighted by Gasteiger charge is -2.48. The topological polar surface area (TPSA) is 130 Å². The van der Waals surface area contributed by atoms with E-state index >= 15 is 0 Å². The third-order valence-corrected chi connectivity index (χ3v) is 9.87. The zero-order chi connectivity index (χ0) is 29.6. The Balaban J connectivity index is 2.19. The van der Waals surface area contributed by atoms with Crippen LogP contribution in [0.25, 0.3) is 0 Å². The summed E-state index contributed by atoms with van der Waals surface area (Å²) in [4.78, 5) is 40.1. The summed E-state index contributed by atoms with van der Waals surface area (Å²) in [5.74, 6) is -2.85. The van der Waals surface area contributed by atoms with Crippen LogP contribution in [0.2, 0.25) is 0 Å². The molecular formula is C31H46O8. The van der Waals surface area contributed by atoms with E-state index in [4.69, 9.17) is 9.47 Å². The standard InChI is InChI=1S/C31H46O8/c1-9-11-12-13-23(32)39-29(8)16-20(5)30-15-19(4)24(33)31(30,37)25(34)21(17-38-27(36)18(3)10-2)14-22(26(30)35)28(29,6)7/h10,14-15,20,22,24-25,33-34,37H,9,11-13,16-17H2,1-8H3/b18-10+/t20-,22?,24?,25?,29-,30?,31?/m1/s1. The van der Waals surface area contributed by atoms with Crippen LogP contribution in [0.15, 0.2) is 34.9 Å². The second-order valence-corrected chi connectivity index (χ2v) is 12.5. The van der Waals surface area contributed by atoms with Crippen molar-refractivity contribution in [2.75, 3.05) is 6.61 Å². The SMILES string of the molecule is C/C=C(\C)C(=O)OCC1=CC2C(=O)C3(C=C(C)C(O)C3(O)C1O)[C@H](C)C[C@@](C)(OC(=O)CCCCC)C2(C)C. The summed E-state index contributed by atoms with van der Waals surface area (Å²) >= 11 is 0. The molecule has 0 amide bonds. The molecular weight excluding hydrogens is 500 g/mol. The van der Waals surface area contributed by atoms with Crippen molar-refractivity contribution < 1.29 is 39.2 Å². The van der Waals surface area contributed by atoms with Crippen LogP contribution in [0, 0.1) is 22.7 Å². The summed E-state index contributed by atoms with van der Waals surface area (Å²) < 4.78 is 11.6. The molecule has 1 fully saturated rings. The van der Waals surface area contributed by atoms with Crippen LogP contribution < -0.4 is 0 Å². The molecule has 3 aliphatic carbocycles. The van der Waals surface area contributed by atoms with E-state index in [9.17, 15) is 29.7 Å². The highest BCUT2D eigenvalue weighted by Gasteiger charge is 2.73. The number of hydrogen-bond acceptors (Lipinski definition) is 8. The molecule has 0 radical (unpaired) electrons. The predicted molar refractivity (Wildman–Crippen MR) is 146 cm³/mol. The summed E-state index contributed by atoms with van der Waals surface area (Å²) in [7, 11) is 0. The maximum Gasteiger partial charge on any atom is 0.333 e. The molecule has 0 aromatic heterocycles. The summed E-state index contributed by atoms with van der Waals surface area (Å²) in [6.07, 6.45) is 4.60. The van der Waals surface area contributed by atoms with Crippen molar-refractivity contribution in [3.63, 3.8) is 0 Å². The van der Waals surface area contributed by atoms with Crippen LogP contribution in [0.1, 0.15) is 87.5 Å². The Labute approximate surface area is 232 Å². The summed E-state index contributed by atoms with van der Waals surface area (Å²) in [5.41, 5.74) is -5.19. The van der Waals surface area contributed by atoms with Crippen LogP contribution in [0.5, 0.6) is 0 Å². The number of ether oxygens (including phenoxy) is 2. The number of rotatable bonds is 8. The molecule has 0 aromatic carbocycles. The normalized spacial score (nSPS) is 37.7. The zero-order valence-electron chi connectivity index (χ0n) is 24.7. The molecule has 2 bridgehead atoms. The highest BCUT2D eigenvalue weighted by molar-refractivity contribution is 5.95. The fourth-order valence-electron chi connectivity index (χ4n) is 6.85. The van der Waals surface area contributed by atoms with Gasteiger partial charge in [0, 0.05) is 23.3 Å². The second-order valence-electron chi connectivity index (χ2n) is 12.5. The maximum atomic E-state index is 14.6. The van der Waals surface area contributed by atoms with Gasteiger partial charge < -0.3 is 24.8 Å². The lowest BCUT2D eigenvalue weighted by Crippen LogP contribution is -2.65. The van der Waals surface area contributed by atoms with E-state index in [0.717, 1.165) is 12.8 Å². The lowest BCUT2D eigenvalue weighted by atomic mass is 9.59. The molecule has 3 aliphatic rings. The van der Waals surface area contributed by atoms with Crippen molar-refractivity contribution in [1.29, 1.82) is 0 Å². The molecule has 0 aliphatic heterocycles. The molecule has 0 heterocycles. The van der Waals surface area contributed by atoms with Crippen molar-refractivity contribution in [2.45, 2.75) is 111 Å². The highest BCUT2D eigenvalue weighted by atomic mass is 16.6. The zero-order valence-corrected chi connectivity index (χ0v) is 24.7. The van der Waals surface area contributed by atoms with Gasteiger partial charge in [-0.15, -0.1) is 0 Å². The van der Waals surface area contributed by atoms with Gasteiger partial charge in [-0.25, -0.2) is 4.79 Å². The average molecular weight is 547 g/mol. The Morgan fingerprint density at radius 2 is 1.79 bits per heavy atom. The van der Waals surface area contributed by atoms with Gasteiger partial charge in [0.25, 0.3) is 0 Å². The minimum absolute atomic E-state index is 0.121. The van der Waals surface area contributed by atoms with Gasteiger partial charge in [0.15, 0.2) is 5.78 Å². The minimum atomic E-state index is -2.30. The largest absolute Gasteiger partial charge is 0.459 e. The predicted octanol–water partition coefficient (Wildman–Crippen LogP) is 3.97. The number of aliphatic hydroxyl groups excluding tert-OH is 2. The first-order valence-corrected chi connectivity index (χ1v) is 14.1. The molecule has 218 valence electrons. The van der Waals surface area contributed by atoms with Gasteiger partial charge in [-0.05, 0) is 57.6 Å². The number of Topliss-reactive ketones (excluding diaryl/α,β-unsaturated/α-hetero) is 1. The molecule has 3 N–H and O–H groups in total. The van der Waals surface area contributed by atoms with Gasteiger partial charge in [-0.3, -0.25) is 9.59 Å². The molecule has 0 saturated heterocycles. The molecule has 8 heteroatoms. The lowest BCUT2D eigenvalue weighted by molar-refractivity contribution is -0.192. The molecule has 39 heavy (non-hydrogen) atoms. The van der Waals surface area contributed by atoms with E-state index < -0.39 is 52.0 Å². The number of unbranched alkanes of at least 4 members (excludes halogenated alkanes) is 2. The molecule has 8 nitrogen and oxygen atoms in total. The number of allylic oxidation sites excluding steroid dienone is 2. The quantitative estimate of drug-likeness (QED) is 0.180. The molecule has 1 spiro atoms. The fourth-order valence-corrected chi connectivity index (χ4v) is 6.85. The van der Waals surface area contributed by atoms with Gasteiger partial charge in [-0.2, -0.15) is 0 Å². The molecule has 3 rings (SSSR count). The second kappa shape index (κ2) is 10.9. The van der Waals surface area contributed by atoms with Crippen LogP contribution in [-0.2, 0) is 23.9 Å². The summed E-state index contributed by atoms with van der Waals surface area (Å²) in [6, 6.07) is 0. The number of hydrogen-bond donors (Lipinski definition) is 3. The summed E-state index contributed by atoms with van der Waals surface area (Å²) in [6.45, 7) is 13.9. The Bertz CT molecular complexity index is 1100. The first kappa shape index (κ1) is 31.2. The Morgan fingerprint density at radius 1 is 1.15 bits per heavy atom. The van der Waals surface area contributed by atoms with Crippen LogP contribution in [0.4, 0.5) is 0 Å². The van der Waals surface area contributed by atoms with Crippen LogP contribution >= 0.6 is 0 Å². The molecule has 1 saturated carbocycles. The molecule has 7 atom stereocenters. The Kier molecular flexibility index (Phi) is 8.76. The maximum absolute atomic E-state index is 14.6. The van der Waals surface area contributed by atoms with E-state index in [2.05, 4.69) is 6.92 Å². The number of carbonyl (C=O) groups excluding carboxylic acids is 3. The van der Waals surface area contributed by atoms with Crippen molar-refractivity contribution in [2.24, 2.45) is 22.7 Å². The van der Waals surface area contributed by atoms with Crippen molar-refractivity contribution >= 4 is 17.7 Å². The fraction of sp³-hybridized carbons (Fsp3) is 0.710. The number of aliphatic hydroxyl groups is 3. The van der Waals surface area contributed by atoms with Gasteiger partial charge >= 0.3 is 11.9 Å². The van der Waals surface area contributed by atoms with Gasteiger partial charge in [0.05, 0.1) is 5.41 Å². The third kappa shape index (κ3) is 4.72. The van der Waals surface area contributed by atoms with Crippen molar-refractivity contribution in [3.05, 3.63) is 34.9 Å². The molecule has 0 aromatic rings. The third-order valence-electron chi connectivity index (χ3n) is 9.87. The van der Waals surface area contributed by atoms with E-state index in [0.29, 0.717) is 17.6 Å². The highest BCUT2D eigenvalue weighted by Crippen LogP contribution is 2.63. The summed E-state index contributed by atoms with van der Waals surface area (Å²) in [5, 5.41) is 35.2. The molecule has 5 unspecified atom stereocenters.